The molecule has 0 aromatic carbocycles. The molecule has 0 bridgehead atoms. The Morgan fingerprint density at radius 1 is 1.12 bits per heavy atom. The molecule has 1 aliphatic carbocycles. The summed E-state index contributed by atoms with van der Waals surface area (Å²) in [5.74, 6) is 1.06. The Balaban J connectivity index is 0.00000288. The fourth-order valence-electron chi connectivity index (χ4n) is 3.82. The minimum absolute atomic E-state index is 0. The lowest BCUT2D eigenvalue weighted by Crippen LogP contribution is -2.43. The first kappa shape index (κ1) is 21.5. The lowest BCUT2D eigenvalue weighted by Gasteiger charge is -2.27. The number of carbonyl (C=O) groups is 1. The third-order valence-corrected chi connectivity index (χ3v) is 5.31. The van der Waals surface area contributed by atoms with Gasteiger partial charge in [0.2, 0.25) is 5.91 Å². The van der Waals surface area contributed by atoms with Gasteiger partial charge >= 0.3 is 0 Å². The van der Waals surface area contributed by atoms with Crippen molar-refractivity contribution in [1.29, 1.82) is 0 Å². The quantitative estimate of drug-likeness (QED) is 0.385. The van der Waals surface area contributed by atoms with Crippen molar-refractivity contribution in [2.75, 3.05) is 32.7 Å². The van der Waals surface area contributed by atoms with Crippen molar-refractivity contribution in [2.24, 2.45) is 15.8 Å². The molecule has 24 heavy (non-hydrogen) atoms. The maximum absolute atomic E-state index is 12.1. The van der Waals surface area contributed by atoms with E-state index in [4.69, 9.17) is 4.99 Å². The largest absolute Gasteiger partial charge is 0.357 e. The molecule has 6 heteroatoms. The normalized spacial score (nSPS) is 20.2. The fraction of sp³-hybridized carbons (Fsp3) is 0.889. The minimum Gasteiger partial charge on any atom is -0.357 e. The van der Waals surface area contributed by atoms with Crippen LogP contribution < -0.4 is 10.6 Å². The van der Waals surface area contributed by atoms with E-state index in [1.807, 2.05) is 20.8 Å². The Bertz CT molecular complexity index is 444. The molecule has 1 saturated carbocycles. The van der Waals surface area contributed by atoms with E-state index in [1.165, 1.54) is 32.1 Å². The van der Waals surface area contributed by atoms with Crippen LogP contribution in [0.3, 0.4) is 0 Å². The van der Waals surface area contributed by atoms with Crippen LogP contribution in [0.1, 0.15) is 59.8 Å². The van der Waals surface area contributed by atoms with Crippen molar-refractivity contribution in [3.63, 3.8) is 0 Å². The standard InChI is InChI=1S/C18H34N4O.HI/c1-5-19-15(23)17(3,4)13-21-16(20-6-2)22-12-11-18(14-22)9-7-8-10-18;/h5-14H2,1-4H3,(H,19,23)(H,20,21);1H. The lowest BCUT2D eigenvalue weighted by molar-refractivity contribution is -0.128. The molecule has 2 aliphatic rings. The SMILES string of the molecule is CCNC(=O)C(C)(C)CN=C(NCC)N1CCC2(CCCC2)C1.I. The van der Waals surface area contributed by atoms with Gasteiger partial charge in [0.05, 0.1) is 12.0 Å². The van der Waals surface area contributed by atoms with E-state index in [2.05, 4.69) is 22.5 Å². The highest BCUT2D eigenvalue weighted by molar-refractivity contribution is 14.0. The molecule has 1 spiro atoms. The summed E-state index contributed by atoms with van der Waals surface area (Å²) in [4.78, 5) is 19.3. The summed E-state index contributed by atoms with van der Waals surface area (Å²) in [6.45, 7) is 12.3. The molecule has 0 aromatic rings. The molecule has 0 radical (unpaired) electrons. The number of carbonyl (C=O) groups excluding carboxylic acids is 1. The van der Waals surface area contributed by atoms with Crippen LogP contribution in [0.2, 0.25) is 0 Å². The Kier molecular flexibility index (Phi) is 8.29. The Morgan fingerprint density at radius 2 is 1.75 bits per heavy atom. The molecule has 0 aromatic heterocycles. The molecule has 2 fully saturated rings. The number of guanidine groups is 1. The predicted octanol–water partition coefficient (Wildman–Crippen LogP) is 3.00. The number of aliphatic imine (C=N–C) groups is 1. The number of nitrogens with one attached hydrogen (secondary N) is 2. The number of amides is 1. The zero-order valence-electron chi connectivity index (χ0n) is 15.8. The molecule has 0 unspecified atom stereocenters. The van der Waals surface area contributed by atoms with E-state index in [0.717, 1.165) is 25.6 Å². The van der Waals surface area contributed by atoms with Gasteiger partial charge in [-0.05, 0) is 52.4 Å². The van der Waals surface area contributed by atoms with Crippen LogP contribution in [0.15, 0.2) is 4.99 Å². The molecule has 2 N–H and O–H groups in total. The van der Waals surface area contributed by atoms with Crippen LogP contribution >= 0.6 is 24.0 Å². The van der Waals surface area contributed by atoms with Crippen molar-refractivity contribution < 1.29 is 4.79 Å². The first-order valence-corrected chi connectivity index (χ1v) is 9.24. The number of halogens is 1. The molecule has 1 heterocycles. The van der Waals surface area contributed by atoms with Gasteiger partial charge in [0.25, 0.3) is 0 Å². The van der Waals surface area contributed by atoms with Gasteiger partial charge in [0, 0.05) is 26.2 Å². The van der Waals surface area contributed by atoms with Gasteiger partial charge < -0.3 is 15.5 Å². The molecule has 1 amide bonds. The zero-order valence-corrected chi connectivity index (χ0v) is 18.1. The summed E-state index contributed by atoms with van der Waals surface area (Å²) in [6.07, 6.45) is 6.79. The van der Waals surface area contributed by atoms with Crippen LogP contribution in [-0.4, -0.2) is 49.5 Å². The number of hydrogen-bond donors (Lipinski definition) is 2. The molecule has 5 nitrogen and oxygen atoms in total. The summed E-state index contributed by atoms with van der Waals surface area (Å²) < 4.78 is 0. The molecular formula is C18H35IN4O. The van der Waals surface area contributed by atoms with E-state index < -0.39 is 5.41 Å². The van der Waals surface area contributed by atoms with Gasteiger partial charge in [0.1, 0.15) is 0 Å². The maximum atomic E-state index is 12.1. The average molecular weight is 450 g/mol. The van der Waals surface area contributed by atoms with Crippen LogP contribution in [0, 0.1) is 10.8 Å². The first-order valence-electron chi connectivity index (χ1n) is 9.24. The van der Waals surface area contributed by atoms with Crippen molar-refractivity contribution in [3.8, 4) is 0 Å². The number of nitrogens with zero attached hydrogens (tertiary/aromatic N) is 2. The summed E-state index contributed by atoms with van der Waals surface area (Å²) in [6, 6.07) is 0. The molecule has 0 atom stereocenters. The monoisotopic (exact) mass is 450 g/mol. The molecule has 140 valence electrons. The summed E-state index contributed by atoms with van der Waals surface area (Å²) >= 11 is 0. The second-order valence-corrected chi connectivity index (χ2v) is 7.79. The highest BCUT2D eigenvalue weighted by Crippen LogP contribution is 2.45. The Hall–Kier alpha value is -0.530. The zero-order chi connectivity index (χ0) is 16.9. The third-order valence-electron chi connectivity index (χ3n) is 5.31. The van der Waals surface area contributed by atoms with E-state index in [-0.39, 0.29) is 29.9 Å². The van der Waals surface area contributed by atoms with Crippen LogP contribution in [0.5, 0.6) is 0 Å². The van der Waals surface area contributed by atoms with Gasteiger partial charge in [-0.25, -0.2) is 0 Å². The Labute approximate surface area is 164 Å². The molecule has 2 rings (SSSR count). The molecular weight excluding hydrogens is 415 g/mol. The second-order valence-electron chi connectivity index (χ2n) is 7.79. The van der Waals surface area contributed by atoms with E-state index in [0.29, 0.717) is 18.5 Å². The van der Waals surface area contributed by atoms with Gasteiger partial charge in [-0.15, -0.1) is 24.0 Å². The van der Waals surface area contributed by atoms with E-state index in [1.54, 1.807) is 0 Å². The summed E-state index contributed by atoms with van der Waals surface area (Å²) in [5.41, 5.74) is 0.0622. The molecule has 1 saturated heterocycles. The van der Waals surface area contributed by atoms with Crippen LogP contribution in [-0.2, 0) is 4.79 Å². The highest BCUT2D eigenvalue weighted by Gasteiger charge is 2.41. The van der Waals surface area contributed by atoms with Crippen molar-refractivity contribution in [1.82, 2.24) is 15.5 Å². The number of hydrogen-bond acceptors (Lipinski definition) is 2. The third kappa shape index (κ3) is 5.23. The van der Waals surface area contributed by atoms with Crippen molar-refractivity contribution >= 4 is 35.8 Å². The average Bonchev–Trinajstić information content (AvgIpc) is 3.14. The topological polar surface area (TPSA) is 56.7 Å². The van der Waals surface area contributed by atoms with Crippen LogP contribution in [0.25, 0.3) is 0 Å². The minimum atomic E-state index is -0.471. The molecule has 1 aliphatic heterocycles. The van der Waals surface area contributed by atoms with Gasteiger partial charge in [-0.1, -0.05) is 12.8 Å². The summed E-state index contributed by atoms with van der Waals surface area (Å²) in [5, 5.41) is 6.33. The Morgan fingerprint density at radius 3 is 2.33 bits per heavy atom. The van der Waals surface area contributed by atoms with Gasteiger partial charge in [-0.3, -0.25) is 9.79 Å². The fourth-order valence-corrected chi connectivity index (χ4v) is 3.82. The maximum Gasteiger partial charge on any atom is 0.227 e. The number of likely N-dealkylation sites (tertiary alicyclic amines) is 1. The second kappa shape index (κ2) is 9.25. The summed E-state index contributed by atoms with van der Waals surface area (Å²) in [7, 11) is 0. The number of rotatable bonds is 5. The first-order chi connectivity index (χ1) is 10.9. The van der Waals surface area contributed by atoms with Gasteiger partial charge in [-0.2, -0.15) is 0 Å². The van der Waals surface area contributed by atoms with E-state index >= 15 is 0 Å². The lowest BCUT2D eigenvalue weighted by atomic mass is 9.86. The van der Waals surface area contributed by atoms with Crippen molar-refractivity contribution in [2.45, 2.75) is 59.8 Å². The highest BCUT2D eigenvalue weighted by atomic mass is 127. The van der Waals surface area contributed by atoms with E-state index in [9.17, 15) is 4.79 Å². The van der Waals surface area contributed by atoms with Crippen molar-refractivity contribution in [3.05, 3.63) is 0 Å². The van der Waals surface area contributed by atoms with Crippen LogP contribution in [0.4, 0.5) is 0 Å². The van der Waals surface area contributed by atoms with Gasteiger partial charge in [0.15, 0.2) is 5.96 Å². The smallest absolute Gasteiger partial charge is 0.227 e. The predicted molar refractivity (Wildman–Crippen MR) is 111 cm³/mol.